The third kappa shape index (κ3) is 3.26. The third-order valence-electron chi connectivity index (χ3n) is 4.85. The lowest BCUT2D eigenvalue weighted by atomic mass is 9.96. The minimum absolute atomic E-state index is 0.0585. The molecule has 0 amide bonds. The Bertz CT molecular complexity index is 1030. The first-order valence-corrected chi connectivity index (χ1v) is 8.69. The number of ether oxygens (including phenoxy) is 2. The first-order valence-electron chi connectivity index (χ1n) is 8.69. The van der Waals surface area contributed by atoms with Gasteiger partial charge in [-0.05, 0) is 26.0 Å². The van der Waals surface area contributed by atoms with Gasteiger partial charge in [-0.3, -0.25) is 10.3 Å². The number of benzene rings is 1. The van der Waals surface area contributed by atoms with E-state index in [2.05, 4.69) is 19.6 Å². The SMILES string of the molecule is CC(=N)n1nc(CN2CC(F)(C(F)(F)F)C2)nc1-c1ccc2c(c1C)OC(F)(F)O2. The molecule has 0 bridgehead atoms. The van der Waals surface area contributed by atoms with Crippen molar-refractivity contribution < 1.29 is 35.8 Å². The largest absolute Gasteiger partial charge is 0.586 e. The summed E-state index contributed by atoms with van der Waals surface area (Å²) in [6.45, 7) is 1.03. The molecule has 3 heterocycles. The van der Waals surface area contributed by atoms with Gasteiger partial charge in [-0.15, -0.1) is 13.9 Å². The number of alkyl halides is 6. The summed E-state index contributed by atoms with van der Waals surface area (Å²) in [5.74, 6) is -0.245. The average Bonchev–Trinajstić information content (AvgIpc) is 3.13. The number of hydrogen-bond donors (Lipinski definition) is 1. The summed E-state index contributed by atoms with van der Waals surface area (Å²) in [4.78, 5) is 5.42. The highest BCUT2D eigenvalue weighted by Gasteiger charge is 2.63. The molecule has 1 aromatic carbocycles. The smallest absolute Gasteiger partial charge is 0.395 e. The van der Waals surface area contributed by atoms with E-state index >= 15 is 0 Å². The van der Waals surface area contributed by atoms with E-state index in [0.717, 1.165) is 4.68 Å². The van der Waals surface area contributed by atoms with Crippen LogP contribution >= 0.6 is 0 Å². The second-order valence-electron chi connectivity index (χ2n) is 7.19. The fourth-order valence-electron chi connectivity index (χ4n) is 3.37. The highest BCUT2D eigenvalue weighted by molar-refractivity contribution is 5.83. The number of nitrogens with one attached hydrogen (secondary N) is 1. The minimum Gasteiger partial charge on any atom is -0.395 e. The van der Waals surface area contributed by atoms with Crippen LogP contribution in [0.15, 0.2) is 12.1 Å². The number of halogens is 6. The van der Waals surface area contributed by atoms with Crippen LogP contribution in [-0.4, -0.2) is 56.7 Å². The number of hydrogen-bond acceptors (Lipinski definition) is 6. The van der Waals surface area contributed by atoms with Gasteiger partial charge in [0.25, 0.3) is 0 Å². The predicted octanol–water partition coefficient (Wildman–Crippen LogP) is 3.51. The molecule has 2 aliphatic heterocycles. The maximum Gasteiger partial charge on any atom is 0.586 e. The maximum atomic E-state index is 13.8. The highest BCUT2D eigenvalue weighted by Crippen LogP contribution is 2.46. The Morgan fingerprint density at radius 3 is 2.47 bits per heavy atom. The Hall–Kier alpha value is -2.83. The Morgan fingerprint density at radius 2 is 1.87 bits per heavy atom. The van der Waals surface area contributed by atoms with E-state index in [-0.39, 0.29) is 41.1 Å². The molecule has 1 aromatic heterocycles. The minimum atomic E-state index is -4.96. The quantitative estimate of drug-likeness (QED) is 0.454. The van der Waals surface area contributed by atoms with Crippen molar-refractivity contribution in [3.8, 4) is 22.9 Å². The number of fused-ring (bicyclic) bond motifs is 1. The van der Waals surface area contributed by atoms with Crippen molar-refractivity contribution in [2.75, 3.05) is 13.1 Å². The van der Waals surface area contributed by atoms with Crippen LogP contribution in [0.1, 0.15) is 18.3 Å². The standard InChI is InChI=1S/C17H15F6N5O2/c1-8-10(3-4-11-13(8)30-17(22,23)29-11)14-25-12(26-28(14)9(2)24)5-27-6-15(18,7-27)16(19,20)21/h3-4,24H,5-7H2,1-2H3. The zero-order chi connectivity index (χ0) is 22.1. The Kier molecular flexibility index (Phi) is 4.31. The van der Waals surface area contributed by atoms with Crippen molar-refractivity contribution >= 4 is 5.84 Å². The molecule has 0 saturated carbocycles. The molecule has 0 spiro atoms. The molecule has 2 aromatic rings. The lowest BCUT2D eigenvalue weighted by Crippen LogP contribution is -2.65. The average molecular weight is 435 g/mol. The van der Waals surface area contributed by atoms with Crippen LogP contribution in [0.3, 0.4) is 0 Å². The summed E-state index contributed by atoms with van der Waals surface area (Å²) >= 11 is 0. The van der Waals surface area contributed by atoms with Crippen molar-refractivity contribution in [2.24, 2.45) is 0 Å². The summed E-state index contributed by atoms with van der Waals surface area (Å²) in [7, 11) is 0. The van der Waals surface area contributed by atoms with Crippen LogP contribution in [-0.2, 0) is 6.54 Å². The Labute approximate surface area is 165 Å². The summed E-state index contributed by atoms with van der Waals surface area (Å²) in [5, 5.41) is 12.0. The van der Waals surface area contributed by atoms with Gasteiger partial charge in [0, 0.05) is 24.2 Å². The van der Waals surface area contributed by atoms with Gasteiger partial charge < -0.3 is 9.47 Å². The second-order valence-corrected chi connectivity index (χ2v) is 7.19. The van der Waals surface area contributed by atoms with E-state index in [0.29, 0.717) is 5.56 Å². The van der Waals surface area contributed by atoms with Gasteiger partial charge in [-0.2, -0.15) is 17.9 Å². The van der Waals surface area contributed by atoms with E-state index < -0.39 is 31.2 Å². The van der Waals surface area contributed by atoms with Gasteiger partial charge in [0.1, 0.15) is 5.84 Å². The summed E-state index contributed by atoms with van der Waals surface area (Å²) in [6, 6.07) is 2.69. The van der Waals surface area contributed by atoms with Crippen LogP contribution < -0.4 is 9.47 Å². The molecule has 162 valence electrons. The predicted molar refractivity (Wildman–Crippen MR) is 90.4 cm³/mol. The van der Waals surface area contributed by atoms with E-state index in [1.807, 2.05) is 0 Å². The van der Waals surface area contributed by atoms with Gasteiger partial charge in [0.15, 0.2) is 23.1 Å². The zero-order valence-corrected chi connectivity index (χ0v) is 15.6. The van der Waals surface area contributed by atoms with E-state index in [1.165, 1.54) is 30.9 Å². The first-order chi connectivity index (χ1) is 13.8. The van der Waals surface area contributed by atoms with Gasteiger partial charge in [0.05, 0.1) is 6.54 Å². The molecule has 7 nitrogen and oxygen atoms in total. The van der Waals surface area contributed by atoms with Crippen molar-refractivity contribution in [3.63, 3.8) is 0 Å². The molecule has 0 radical (unpaired) electrons. The normalized spacial score (nSPS) is 19.6. The van der Waals surface area contributed by atoms with Crippen LogP contribution in [0.25, 0.3) is 11.4 Å². The molecular weight excluding hydrogens is 420 g/mol. The maximum absolute atomic E-state index is 13.8. The molecule has 2 aliphatic rings. The van der Waals surface area contributed by atoms with Crippen molar-refractivity contribution in [3.05, 3.63) is 23.5 Å². The van der Waals surface area contributed by atoms with Gasteiger partial charge in [-0.1, -0.05) is 0 Å². The summed E-state index contributed by atoms with van der Waals surface area (Å²) in [5.41, 5.74) is -2.69. The highest BCUT2D eigenvalue weighted by atomic mass is 19.4. The number of rotatable bonds is 3. The van der Waals surface area contributed by atoms with Crippen molar-refractivity contribution in [2.45, 2.75) is 38.5 Å². The van der Waals surface area contributed by atoms with E-state index in [4.69, 9.17) is 5.41 Å². The molecule has 1 N–H and O–H groups in total. The van der Waals surface area contributed by atoms with E-state index in [9.17, 15) is 26.3 Å². The lowest BCUT2D eigenvalue weighted by Gasteiger charge is -2.44. The zero-order valence-electron chi connectivity index (χ0n) is 15.6. The fraction of sp³-hybridized carbons (Fsp3) is 0.471. The van der Waals surface area contributed by atoms with Crippen molar-refractivity contribution in [1.82, 2.24) is 19.7 Å². The number of aromatic nitrogens is 3. The molecule has 0 aliphatic carbocycles. The van der Waals surface area contributed by atoms with Crippen LogP contribution in [0.2, 0.25) is 0 Å². The molecule has 13 heteroatoms. The van der Waals surface area contributed by atoms with Gasteiger partial charge in [0.2, 0.25) is 5.67 Å². The summed E-state index contributed by atoms with van der Waals surface area (Å²) < 4.78 is 88.5. The lowest BCUT2D eigenvalue weighted by molar-refractivity contribution is -0.286. The Balaban J connectivity index is 1.62. The second kappa shape index (κ2) is 6.33. The molecule has 4 rings (SSSR count). The fourth-order valence-corrected chi connectivity index (χ4v) is 3.37. The van der Waals surface area contributed by atoms with Crippen LogP contribution in [0.4, 0.5) is 26.3 Å². The van der Waals surface area contributed by atoms with Gasteiger partial charge >= 0.3 is 12.5 Å². The number of nitrogens with zero attached hydrogens (tertiary/aromatic N) is 4. The molecule has 30 heavy (non-hydrogen) atoms. The monoisotopic (exact) mass is 435 g/mol. The van der Waals surface area contributed by atoms with E-state index in [1.54, 1.807) is 0 Å². The van der Waals surface area contributed by atoms with Gasteiger partial charge in [-0.25, -0.2) is 9.37 Å². The molecular formula is C17H15F6N5O2. The number of likely N-dealkylation sites (tertiary alicyclic amines) is 1. The third-order valence-corrected chi connectivity index (χ3v) is 4.85. The molecule has 0 atom stereocenters. The molecule has 1 saturated heterocycles. The first kappa shape index (κ1) is 20.4. The molecule has 0 unspecified atom stereocenters. The molecule has 1 fully saturated rings. The van der Waals surface area contributed by atoms with Crippen LogP contribution in [0, 0.1) is 12.3 Å². The summed E-state index contributed by atoms with van der Waals surface area (Å²) in [6.07, 6.45) is -8.77. The van der Waals surface area contributed by atoms with Crippen molar-refractivity contribution in [1.29, 1.82) is 5.41 Å². The Morgan fingerprint density at radius 1 is 1.20 bits per heavy atom. The topological polar surface area (TPSA) is 76.3 Å². The van der Waals surface area contributed by atoms with Crippen LogP contribution in [0.5, 0.6) is 11.5 Å².